The summed E-state index contributed by atoms with van der Waals surface area (Å²) in [5, 5.41) is -0.0116. The Bertz CT molecular complexity index is 575. The Morgan fingerprint density at radius 1 is 0.944 bits per heavy atom. The molecular weight excluding hydrogens is 268 g/mol. The summed E-state index contributed by atoms with van der Waals surface area (Å²) in [7, 11) is 0. The van der Waals surface area contributed by atoms with Crippen LogP contribution < -0.4 is 0 Å². The average Bonchev–Trinajstić information content (AvgIpc) is 2.27. The molecular formula is C13H7ClF4. The van der Waals surface area contributed by atoms with Gasteiger partial charge in [0.25, 0.3) is 0 Å². The van der Waals surface area contributed by atoms with E-state index in [9.17, 15) is 17.6 Å². The fourth-order valence-electron chi connectivity index (χ4n) is 1.66. The second kappa shape index (κ2) is 4.61. The first-order valence-electron chi connectivity index (χ1n) is 5.00. The highest BCUT2D eigenvalue weighted by Crippen LogP contribution is 2.38. The van der Waals surface area contributed by atoms with E-state index in [0.717, 1.165) is 12.1 Å². The lowest BCUT2D eigenvalue weighted by atomic mass is 9.99. The molecule has 2 rings (SSSR count). The van der Waals surface area contributed by atoms with Crippen LogP contribution in [0.15, 0.2) is 42.5 Å². The van der Waals surface area contributed by atoms with Crippen molar-refractivity contribution in [3.8, 4) is 11.1 Å². The number of alkyl halides is 3. The molecule has 0 saturated heterocycles. The number of halogens is 5. The van der Waals surface area contributed by atoms with Gasteiger partial charge in [0.05, 0.1) is 5.56 Å². The van der Waals surface area contributed by atoms with Crippen molar-refractivity contribution in [2.24, 2.45) is 0 Å². The monoisotopic (exact) mass is 274 g/mol. The highest BCUT2D eigenvalue weighted by atomic mass is 35.5. The van der Waals surface area contributed by atoms with Crippen LogP contribution in [0.2, 0.25) is 5.02 Å². The third-order valence-corrected chi connectivity index (χ3v) is 2.66. The van der Waals surface area contributed by atoms with Crippen LogP contribution in [0, 0.1) is 5.82 Å². The lowest BCUT2D eigenvalue weighted by molar-refractivity contribution is -0.137. The van der Waals surface area contributed by atoms with E-state index in [1.807, 2.05) is 0 Å². The van der Waals surface area contributed by atoms with Gasteiger partial charge < -0.3 is 0 Å². The Morgan fingerprint density at radius 2 is 1.67 bits per heavy atom. The molecule has 2 aromatic rings. The minimum atomic E-state index is -4.54. The largest absolute Gasteiger partial charge is 0.417 e. The quantitative estimate of drug-likeness (QED) is 0.630. The van der Waals surface area contributed by atoms with E-state index in [1.165, 1.54) is 30.3 Å². The normalized spacial score (nSPS) is 11.6. The first-order valence-corrected chi connectivity index (χ1v) is 5.38. The fraction of sp³-hybridized carbons (Fsp3) is 0.0769. The number of hydrogen-bond donors (Lipinski definition) is 0. The highest BCUT2D eigenvalue weighted by Gasteiger charge is 2.33. The van der Waals surface area contributed by atoms with Crippen molar-refractivity contribution in [3.05, 3.63) is 58.9 Å². The zero-order chi connectivity index (χ0) is 13.3. The van der Waals surface area contributed by atoms with Gasteiger partial charge in [-0.3, -0.25) is 0 Å². The summed E-state index contributed by atoms with van der Waals surface area (Å²) in [6, 6.07) is 8.42. The van der Waals surface area contributed by atoms with E-state index in [-0.39, 0.29) is 16.1 Å². The molecule has 0 bridgehead atoms. The Morgan fingerprint density at radius 3 is 2.28 bits per heavy atom. The van der Waals surface area contributed by atoms with Gasteiger partial charge in [-0.05, 0) is 35.4 Å². The molecule has 94 valence electrons. The van der Waals surface area contributed by atoms with Gasteiger partial charge in [-0.15, -0.1) is 0 Å². The lowest BCUT2D eigenvalue weighted by Gasteiger charge is -2.13. The van der Waals surface area contributed by atoms with Crippen LogP contribution >= 0.6 is 11.6 Å². The summed E-state index contributed by atoms with van der Waals surface area (Å²) in [4.78, 5) is 0. The molecule has 0 aliphatic carbocycles. The van der Waals surface area contributed by atoms with E-state index in [4.69, 9.17) is 11.6 Å². The third-order valence-electron chi connectivity index (χ3n) is 2.42. The van der Waals surface area contributed by atoms with Crippen molar-refractivity contribution >= 4 is 11.6 Å². The van der Waals surface area contributed by atoms with Crippen molar-refractivity contribution in [2.45, 2.75) is 6.18 Å². The van der Waals surface area contributed by atoms with Gasteiger partial charge in [-0.2, -0.15) is 13.2 Å². The average molecular weight is 275 g/mol. The van der Waals surface area contributed by atoms with Gasteiger partial charge in [-0.1, -0.05) is 29.8 Å². The fourth-order valence-corrected chi connectivity index (χ4v) is 1.83. The summed E-state index contributed by atoms with van der Waals surface area (Å²) in [6.07, 6.45) is -4.54. The standard InChI is InChI=1S/C13H7ClF4/c14-9-4-5-11(12(7-9)13(16,17)18)8-2-1-3-10(15)6-8/h1-7H. The van der Waals surface area contributed by atoms with Crippen LogP contribution in [-0.2, 0) is 6.18 Å². The molecule has 5 heteroatoms. The molecule has 0 N–H and O–H groups in total. The second-order valence-corrected chi connectivity index (χ2v) is 4.13. The van der Waals surface area contributed by atoms with Gasteiger partial charge in [0, 0.05) is 5.02 Å². The molecule has 0 heterocycles. The molecule has 18 heavy (non-hydrogen) atoms. The molecule has 0 aliphatic rings. The smallest absolute Gasteiger partial charge is 0.207 e. The van der Waals surface area contributed by atoms with Crippen LogP contribution in [0.25, 0.3) is 11.1 Å². The Hall–Kier alpha value is -1.55. The molecule has 0 fully saturated rings. The maximum atomic E-state index is 13.1. The van der Waals surface area contributed by atoms with Crippen molar-refractivity contribution < 1.29 is 17.6 Å². The summed E-state index contributed by atoms with van der Waals surface area (Å²) in [5.41, 5.74) is -0.800. The van der Waals surface area contributed by atoms with Gasteiger partial charge in [-0.25, -0.2) is 4.39 Å². The zero-order valence-electron chi connectivity index (χ0n) is 8.93. The van der Waals surface area contributed by atoms with Crippen LogP contribution in [0.1, 0.15) is 5.56 Å². The number of rotatable bonds is 1. The van der Waals surface area contributed by atoms with Crippen LogP contribution in [-0.4, -0.2) is 0 Å². The van der Waals surface area contributed by atoms with Crippen molar-refractivity contribution in [1.29, 1.82) is 0 Å². The van der Waals surface area contributed by atoms with E-state index in [0.29, 0.717) is 0 Å². The zero-order valence-corrected chi connectivity index (χ0v) is 9.69. The minimum Gasteiger partial charge on any atom is -0.207 e. The third kappa shape index (κ3) is 2.64. The SMILES string of the molecule is Fc1cccc(-c2ccc(Cl)cc2C(F)(F)F)c1. The summed E-state index contributed by atoms with van der Waals surface area (Å²) in [5.74, 6) is -0.587. The molecule has 0 amide bonds. The molecule has 0 radical (unpaired) electrons. The molecule has 0 aliphatic heterocycles. The summed E-state index contributed by atoms with van der Waals surface area (Å²) < 4.78 is 51.6. The van der Waals surface area contributed by atoms with E-state index < -0.39 is 17.6 Å². The minimum absolute atomic E-state index is 0.0116. The molecule has 0 atom stereocenters. The van der Waals surface area contributed by atoms with E-state index >= 15 is 0 Å². The first-order chi connectivity index (χ1) is 8.38. The van der Waals surface area contributed by atoms with Gasteiger partial charge in [0.2, 0.25) is 0 Å². The van der Waals surface area contributed by atoms with Crippen LogP contribution in [0.3, 0.4) is 0 Å². The Labute approximate surface area is 106 Å². The second-order valence-electron chi connectivity index (χ2n) is 3.70. The van der Waals surface area contributed by atoms with Gasteiger partial charge >= 0.3 is 6.18 Å². The van der Waals surface area contributed by atoms with Crippen LogP contribution in [0.5, 0.6) is 0 Å². The summed E-state index contributed by atoms with van der Waals surface area (Å²) in [6.45, 7) is 0. The molecule has 0 nitrogen and oxygen atoms in total. The van der Waals surface area contributed by atoms with E-state index in [1.54, 1.807) is 0 Å². The number of benzene rings is 2. The number of hydrogen-bond acceptors (Lipinski definition) is 0. The summed E-state index contributed by atoms with van der Waals surface area (Å²) >= 11 is 5.57. The topological polar surface area (TPSA) is 0 Å². The van der Waals surface area contributed by atoms with Crippen molar-refractivity contribution in [2.75, 3.05) is 0 Å². The molecule has 0 saturated carbocycles. The predicted octanol–water partition coefficient (Wildman–Crippen LogP) is 5.16. The van der Waals surface area contributed by atoms with Crippen molar-refractivity contribution in [3.63, 3.8) is 0 Å². The molecule has 0 aromatic heterocycles. The first kappa shape index (κ1) is 12.9. The molecule has 0 unspecified atom stereocenters. The maximum absolute atomic E-state index is 13.1. The van der Waals surface area contributed by atoms with Crippen molar-refractivity contribution in [1.82, 2.24) is 0 Å². The maximum Gasteiger partial charge on any atom is 0.417 e. The van der Waals surface area contributed by atoms with E-state index in [2.05, 4.69) is 0 Å². The van der Waals surface area contributed by atoms with Gasteiger partial charge in [0.1, 0.15) is 5.82 Å². The molecule has 0 spiro atoms. The Kier molecular flexibility index (Phi) is 3.30. The predicted molar refractivity (Wildman–Crippen MR) is 61.8 cm³/mol. The van der Waals surface area contributed by atoms with Crippen LogP contribution in [0.4, 0.5) is 17.6 Å². The van der Waals surface area contributed by atoms with Gasteiger partial charge in [0.15, 0.2) is 0 Å². The lowest BCUT2D eigenvalue weighted by Crippen LogP contribution is -2.07. The molecule has 2 aromatic carbocycles. The highest BCUT2D eigenvalue weighted by molar-refractivity contribution is 6.30. The Balaban J connectivity index is 2.64.